The Labute approximate surface area is 196 Å². The van der Waals surface area contributed by atoms with E-state index in [0.717, 1.165) is 28.0 Å². The number of esters is 1. The molecule has 1 N–H and O–H groups in total. The van der Waals surface area contributed by atoms with E-state index in [1.807, 2.05) is 42.8 Å². The van der Waals surface area contributed by atoms with Gasteiger partial charge in [0.2, 0.25) is 0 Å². The molecule has 2 amide bonds. The van der Waals surface area contributed by atoms with Crippen LogP contribution in [0.15, 0.2) is 24.3 Å². The lowest BCUT2D eigenvalue weighted by molar-refractivity contribution is -0.142. The number of carbonyl (C=O) groups excluding carboxylic acids is 2. The highest BCUT2D eigenvalue weighted by molar-refractivity contribution is 6.30. The normalized spacial score (nSPS) is 14.9. The average molecular weight is 472 g/mol. The zero-order valence-corrected chi connectivity index (χ0v) is 19.8. The van der Waals surface area contributed by atoms with Crippen molar-refractivity contribution in [1.82, 2.24) is 30.2 Å². The van der Waals surface area contributed by atoms with E-state index >= 15 is 0 Å². The number of nitrogens with one attached hydrogen (secondary N) is 1. The number of nitrogens with zero attached hydrogens (tertiary/aromatic N) is 6. The lowest BCUT2D eigenvalue weighted by atomic mass is 10.2. The fourth-order valence-electron chi connectivity index (χ4n) is 3.99. The summed E-state index contributed by atoms with van der Waals surface area (Å²) in [5, 5.41) is 18.0. The highest BCUT2D eigenvalue weighted by Crippen LogP contribution is 2.30. The Bertz CT molecular complexity index is 1190. The number of piperazine rings is 1. The minimum atomic E-state index is -0.706. The third-order valence-corrected chi connectivity index (χ3v) is 6.07. The minimum Gasteiger partial charge on any atom is -0.467 e. The molecule has 1 aliphatic heterocycles. The number of hydrogen-bond donors (Lipinski definition) is 1. The molecule has 0 unspecified atom stereocenters. The number of carbonyl (C=O) groups is 2. The maximum absolute atomic E-state index is 12.5. The van der Waals surface area contributed by atoms with Crippen molar-refractivity contribution in [2.75, 3.05) is 38.2 Å². The van der Waals surface area contributed by atoms with Crippen molar-refractivity contribution in [1.29, 1.82) is 0 Å². The smallest absolute Gasteiger partial charge is 0.328 e. The summed E-state index contributed by atoms with van der Waals surface area (Å²) in [5.74, 6) is 0.209. The molecule has 10 nitrogen and oxygen atoms in total. The van der Waals surface area contributed by atoms with Crippen molar-refractivity contribution in [3.05, 3.63) is 40.7 Å². The molecule has 174 valence electrons. The highest BCUT2D eigenvalue weighted by Gasteiger charge is 2.27. The van der Waals surface area contributed by atoms with Gasteiger partial charge in [-0.3, -0.25) is 0 Å². The Morgan fingerprint density at radius 1 is 1.09 bits per heavy atom. The van der Waals surface area contributed by atoms with Gasteiger partial charge in [-0.1, -0.05) is 11.6 Å². The SMILES string of the molecule is COC(=O)[C@@H](C)NC(=O)N1CCN(c2nnc(C)c3c(C)n(-c4ccc(Cl)cc4)nc23)CC1. The number of amides is 2. The monoisotopic (exact) mass is 471 g/mol. The third-order valence-electron chi connectivity index (χ3n) is 5.82. The molecule has 3 aromatic rings. The number of fused-ring (bicyclic) bond motifs is 1. The van der Waals surface area contributed by atoms with Gasteiger partial charge in [0, 0.05) is 31.2 Å². The van der Waals surface area contributed by atoms with Crippen LogP contribution < -0.4 is 10.2 Å². The molecule has 0 bridgehead atoms. The van der Waals surface area contributed by atoms with Gasteiger partial charge in [0.1, 0.15) is 11.6 Å². The number of aromatic nitrogens is 4. The fraction of sp³-hybridized carbons (Fsp3) is 0.409. The second-order valence-electron chi connectivity index (χ2n) is 7.97. The summed E-state index contributed by atoms with van der Waals surface area (Å²) < 4.78 is 6.54. The van der Waals surface area contributed by atoms with Crippen molar-refractivity contribution in [3.8, 4) is 5.69 Å². The van der Waals surface area contributed by atoms with Gasteiger partial charge in [0.25, 0.3) is 0 Å². The van der Waals surface area contributed by atoms with Crippen LogP contribution in [0.5, 0.6) is 0 Å². The maximum Gasteiger partial charge on any atom is 0.328 e. The molecular weight excluding hydrogens is 446 g/mol. The highest BCUT2D eigenvalue weighted by atomic mass is 35.5. The van der Waals surface area contributed by atoms with Gasteiger partial charge in [-0.15, -0.1) is 5.10 Å². The summed E-state index contributed by atoms with van der Waals surface area (Å²) >= 11 is 6.04. The van der Waals surface area contributed by atoms with Crippen molar-refractivity contribution >= 4 is 40.3 Å². The van der Waals surface area contributed by atoms with Gasteiger partial charge in [0.05, 0.1) is 29.6 Å². The van der Waals surface area contributed by atoms with Crippen molar-refractivity contribution in [2.45, 2.75) is 26.8 Å². The molecule has 2 aromatic heterocycles. The van der Waals surface area contributed by atoms with Crippen molar-refractivity contribution < 1.29 is 14.3 Å². The number of anilines is 1. The van der Waals surface area contributed by atoms with E-state index in [-0.39, 0.29) is 6.03 Å². The van der Waals surface area contributed by atoms with Crippen LogP contribution in [0.1, 0.15) is 18.3 Å². The standard InChI is InChI=1S/C22H26ClN7O3/c1-13-18-15(3)30(17-7-5-16(23)6-8-17)27-19(18)20(26-25-13)28-9-11-29(12-10-28)22(32)24-14(2)21(31)33-4/h5-8,14H,9-12H2,1-4H3,(H,24,32)/t14-/m1/s1. The second kappa shape index (κ2) is 9.22. The van der Waals surface area contributed by atoms with Crippen LogP contribution in [0.4, 0.5) is 10.6 Å². The van der Waals surface area contributed by atoms with Crippen LogP contribution in [0.2, 0.25) is 5.02 Å². The minimum absolute atomic E-state index is 0.296. The molecule has 1 saturated heterocycles. The first-order chi connectivity index (χ1) is 15.8. The number of benzene rings is 1. The van der Waals surface area contributed by atoms with Crippen LogP contribution in [-0.2, 0) is 9.53 Å². The zero-order chi connectivity index (χ0) is 23.7. The van der Waals surface area contributed by atoms with Crippen LogP contribution in [0, 0.1) is 13.8 Å². The van der Waals surface area contributed by atoms with Gasteiger partial charge < -0.3 is 19.9 Å². The van der Waals surface area contributed by atoms with E-state index < -0.39 is 12.0 Å². The predicted molar refractivity (Wildman–Crippen MR) is 125 cm³/mol. The van der Waals surface area contributed by atoms with Gasteiger partial charge in [-0.2, -0.15) is 10.2 Å². The number of hydrogen-bond acceptors (Lipinski definition) is 7. The van der Waals surface area contributed by atoms with Gasteiger partial charge in [-0.25, -0.2) is 14.3 Å². The molecule has 0 radical (unpaired) electrons. The Morgan fingerprint density at radius 2 is 1.76 bits per heavy atom. The Hall–Kier alpha value is -3.40. The molecule has 0 aliphatic carbocycles. The fourth-order valence-corrected chi connectivity index (χ4v) is 4.12. The summed E-state index contributed by atoms with van der Waals surface area (Å²) in [4.78, 5) is 27.8. The summed E-state index contributed by atoms with van der Waals surface area (Å²) in [7, 11) is 1.29. The second-order valence-corrected chi connectivity index (χ2v) is 8.41. The molecule has 1 aliphatic rings. The maximum atomic E-state index is 12.5. The Kier molecular flexibility index (Phi) is 6.37. The van der Waals surface area contributed by atoms with E-state index in [0.29, 0.717) is 37.0 Å². The van der Waals surface area contributed by atoms with E-state index in [1.54, 1.807) is 11.8 Å². The molecular formula is C22H26ClN7O3. The predicted octanol–water partition coefficient (Wildman–Crippen LogP) is 2.48. The molecule has 1 atom stereocenters. The van der Waals surface area contributed by atoms with E-state index in [4.69, 9.17) is 16.7 Å². The number of aryl methyl sites for hydroxylation is 2. The molecule has 33 heavy (non-hydrogen) atoms. The molecule has 1 fully saturated rings. The third kappa shape index (κ3) is 4.43. The van der Waals surface area contributed by atoms with E-state index in [9.17, 15) is 9.59 Å². The topological polar surface area (TPSA) is 105 Å². The van der Waals surface area contributed by atoms with Crippen molar-refractivity contribution in [2.24, 2.45) is 0 Å². The van der Waals surface area contributed by atoms with Gasteiger partial charge in [0.15, 0.2) is 5.82 Å². The van der Waals surface area contributed by atoms with Crippen LogP contribution in [0.25, 0.3) is 16.6 Å². The molecule has 0 spiro atoms. The molecule has 0 saturated carbocycles. The first-order valence-corrected chi connectivity index (χ1v) is 11.0. The molecule has 4 rings (SSSR count). The summed E-state index contributed by atoms with van der Waals surface area (Å²) in [5.41, 5.74) is 3.45. The number of halogens is 1. The molecule has 3 heterocycles. The number of urea groups is 1. The quantitative estimate of drug-likeness (QED) is 0.582. The van der Waals surface area contributed by atoms with E-state index in [2.05, 4.69) is 25.2 Å². The van der Waals surface area contributed by atoms with Gasteiger partial charge in [-0.05, 0) is 45.0 Å². The Balaban J connectivity index is 1.55. The lowest BCUT2D eigenvalue weighted by Gasteiger charge is -2.35. The zero-order valence-electron chi connectivity index (χ0n) is 19.0. The van der Waals surface area contributed by atoms with Crippen LogP contribution in [-0.4, -0.2) is 76.2 Å². The van der Waals surface area contributed by atoms with Gasteiger partial charge >= 0.3 is 12.0 Å². The summed E-state index contributed by atoms with van der Waals surface area (Å²) in [6.07, 6.45) is 0. The van der Waals surface area contributed by atoms with Crippen molar-refractivity contribution in [3.63, 3.8) is 0 Å². The number of methoxy groups -OCH3 is 1. The molecule has 11 heteroatoms. The first kappa shape index (κ1) is 22.8. The largest absolute Gasteiger partial charge is 0.467 e. The Morgan fingerprint density at radius 3 is 2.39 bits per heavy atom. The van der Waals surface area contributed by atoms with Crippen LogP contribution in [0.3, 0.4) is 0 Å². The number of rotatable bonds is 4. The average Bonchev–Trinajstić information content (AvgIpc) is 3.17. The van der Waals surface area contributed by atoms with Crippen LogP contribution >= 0.6 is 11.6 Å². The summed E-state index contributed by atoms with van der Waals surface area (Å²) in [6, 6.07) is 6.50. The lowest BCUT2D eigenvalue weighted by Crippen LogP contribution is -2.54. The number of ether oxygens (including phenoxy) is 1. The molecule has 1 aromatic carbocycles. The first-order valence-electron chi connectivity index (χ1n) is 10.7. The van der Waals surface area contributed by atoms with E-state index in [1.165, 1.54) is 7.11 Å². The summed E-state index contributed by atoms with van der Waals surface area (Å²) in [6.45, 7) is 7.62.